The molecule has 1 aliphatic heterocycles. The van der Waals surface area contributed by atoms with Gasteiger partial charge >= 0.3 is 0 Å². The van der Waals surface area contributed by atoms with Crippen molar-refractivity contribution in [1.29, 1.82) is 0 Å². The fraction of sp³-hybridized carbons (Fsp3) is 1.00. The molecule has 0 aliphatic carbocycles. The number of nitrogens with one attached hydrogen (secondary N) is 3. The van der Waals surface area contributed by atoms with Crippen LogP contribution < -0.4 is 22.1 Å². The molecule has 0 aromatic heterocycles. The molecule has 1 atom stereocenters. The molecule has 1 rings (SSSR count). The smallest absolute Gasteiger partial charge is 0.0692 e. The first-order chi connectivity index (χ1) is 6.89. The molecule has 4 nitrogen and oxygen atoms in total. The highest BCUT2D eigenvalue weighted by Crippen LogP contribution is 2.08. The van der Waals surface area contributed by atoms with Gasteiger partial charge in [-0.15, -0.1) is 0 Å². The van der Waals surface area contributed by atoms with E-state index in [4.69, 9.17) is 5.73 Å². The van der Waals surface area contributed by atoms with Gasteiger partial charge in [0.25, 0.3) is 0 Å². The quantitative estimate of drug-likeness (QED) is 0.471. The minimum Gasteiger partial charge on any atom is -0.315 e. The molecule has 1 unspecified atom stereocenters. The fourth-order valence-corrected chi connectivity index (χ4v) is 1.74. The first-order valence-electron chi connectivity index (χ1n) is 5.88. The summed E-state index contributed by atoms with van der Waals surface area (Å²) in [7, 11) is 0. The second-order valence-corrected chi connectivity index (χ2v) is 4.07. The SMILES string of the molecule is NC1CCCCCCCCCNNN1. The molecule has 1 saturated heterocycles. The first-order valence-corrected chi connectivity index (χ1v) is 5.88. The predicted octanol–water partition coefficient (Wildman–Crippen LogP) is 1.00. The van der Waals surface area contributed by atoms with Gasteiger partial charge in [-0.3, -0.25) is 0 Å². The van der Waals surface area contributed by atoms with Gasteiger partial charge in [-0.2, -0.15) is 5.53 Å². The number of rotatable bonds is 0. The molecule has 0 saturated carbocycles. The van der Waals surface area contributed by atoms with E-state index < -0.39 is 0 Å². The van der Waals surface area contributed by atoms with Crippen LogP contribution in [-0.4, -0.2) is 12.7 Å². The van der Waals surface area contributed by atoms with Crippen molar-refractivity contribution < 1.29 is 0 Å². The Hall–Kier alpha value is -0.160. The van der Waals surface area contributed by atoms with Crippen LogP contribution in [0.3, 0.4) is 0 Å². The lowest BCUT2D eigenvalue weighted by Crippen LogP contribution is -2.52. The average molecular weight is 200 g/mol. The molecule has 84 valence electrons. The normalized spacial score (nSPS) is 28.5. The molecule has 1 heterocycles. The summed E-state index contributed by atoms with van der Waals surface area (Å²) in [5.74, 6) is 0. The molecule has 5 N–H and O–H groups in total. The Balaban J connectivity index is 2.12. The summed E-state index contributed by atoms with van der Waals surface area (Å²) >= 11 is 0. The third-order valence-electron chi connectivity index (χ3n) is 2.66. The Morgan fingerprint density at radius 2 is 1.50 bits per heavy atom. The molecule has 4 heteroatoms. The summed E-state index contributed by atoms with van der Waals surface area (Å²) in [6.45, 7) is 1.01. The van der Waals surface area contributed by atoms with E-state index in [9.17, 15) is 0 Å². The molecule has 0 aromatic carbocycles. The van der Waals surface area contributed by atoms with Crippen molar-refractivity contribution in [2.24, 2.45) is 5.73 Å². The van der Waals surface area contributed by atoms with E-state index in [0.29, 0.717) is 0 Å². The molecule has 1 aliphatic rings. The highest BCUT2D eigenvalue weighted by atomic mass is 15.6. The largest absolute Gasteiger partial charge is 0.315 e. The van der Waals surface area contributed by atoms with E-state index in [0.717, 1.165) is 13.0 Å². The Morgan fingerprint density at radius 3 is 2.29 bits per heavy atom. The topological polar surface area (TPSA) is 62.1 Å². The molecular weight excluding hydrogens is 176 g/mol. The second-order valence-electron chi connectivity index (χ2n) is 4.07. The molecule has 14 heavy (non-hydrogen) atoms. The van der Waals surface area contributed by atoms with Crippen LogP contribution in [0.1, 0.15) is 51.4 Å². The average Bonchev–Trinajstić information content (AvgIpc) is 2.20. The van der Waals surface area contributed by atoms with Gasteiger partial charge < -0.3 is 5.73 Å². The van der Waals surface area contributed by atoms with E-state index in [1.54, 1.807) is 0 Å². The third kappa shape index (κ3) is 6.32. The summed E-state index contributed by atoms with van der Waals surface area (Å²) in [4.78, 5) is 0. The lowest BCUT2D eigenvalue weighted by Gasteiger charge is -2.14. The van der Waals surface area contributed by atoms with Gasteiger partial charge in [-0.1, -0.05) is 38.5 Å². The molecule has 0 radical (unpaired) electrons. The molecular formula is C10H24N4. The molecule has 0 spiro atoms. The van der Waals surface area contributed by atoms with Gasteiger partial charge in [0.05, 0.1) is 6.17 Å². The van der Waals surface area contributed by atoms with Crippen LogP contribution in [0.4, 0.5) is 0 Å². The van der Waals surface area contributed by atoms with Crippen molar-refractivity contribution >= 4 is 0 Å². The standard InChI is InChI=1S/C10H24N4/c11-10-8-6-4-2-1-3-5-7-9-12-14-13-10/h10,12-14H,1-9,11H2. The lowest BCUT2D eigenvalue weighted by atomic mass is 10.1. The van der Waals surface area contributed by atoms with Crippen LogP contribution in [0.15, 0.2) is 0 Å². The van der Waals surface area contributed by atoms with Crippen molar-refractivity contribution in [1.82, 2.24) is 16.4 Å². The van der Waals surface area contributed by atoms with Crippen LogP contribution in [0.2, 0.25) is 0 Å². The highest BCUT2D eigenvalue weighted by molar-refractivity contribution is 4.56. The Bertz CT molecular complexity index is 115. The van der Waals surface area contributed by atoms with Crippen LogP contribution in [-0.2, 0) is 0 Å². The minimum atomic E-state index is 0.0725. The molecule has 0 aromatic rings. The van der Waals surface area contributed by atoms with E-state index in [2.05, 4.69) is 16.4 Å². The van der Waals surface area contributed by atoms with Crippen LogP contribution in [0.5, 0.6) is 0 Å². The van der Waals surface area contributed by atoms with E-state index in [1.807, 2.05) is 0 Å². The van der Waals surface area contributed by atoms with Crippen molar-refractivity contribution in [3.8, 4) is 0 Å². The highest BCUT2D eigenvalue weighted by Gasteiger charge is 2.01. The Morgan fingerprint density at radius 1 is 0.857 bits per heavy atom. The van der Waals surface area contributed by atoms with Gasteiger partial charge in [0.2, 0.25) is 0 Å². The monoisotopic (exact) mass is 200 g/mol. The first kappa shape index (κ1) is 11.9. The lowest BCUT2D eigenvalue weighted by molar-refractivity contribution is 0.354. The Kier molecular flexibility index (Phi) is 6.95. The zero-order valence-electron chi connectivity index (χ0n) is 9.02. The van der Waals surface area contributed by atoms with Crippen molar-refractivity contribution in [2.45, 2.75) is 57.5 Å². The summed E-state index contributed by atoms with van der Waals surface area (Å²) < 4.78 is 0. The third-order valence-corrected chi connectivity index (χ3v) is 2.66. The fourth-order valence-electron chi connectivity index (χ4n) is 1.74. The van der Waals surface area contributed by atoms with Gasteiger partial charge in [-0.25, -0.2) is 10.9 Å². The van der Waals surface area contributed by atoms with Gasteiger partial charge in [0.15, 0.2) is 0 Å². The van der Waals surface area contributed by atoms with Crippen molar-refractivity contribution in [2.75, 3.05) is 6.54 Å². The predicted molar refractivity (Wildman–Crippen MR) is 59.2 cm³/mol. The molecule has 1 fully saturated rings. The Labute approximate surface area is 86.9 Å². The zero-order chi connectivity index (χ0) is 10.1. The van der Waals surface area contributed by atoms with Crippen LogP contribution in [0.25, 0.3) is 0 Å². The molecule has 0 bridgehead atoms. The summed E-state index contributed by atoms with van der Waals surface area (Å²) in [6.07, 6.45) is 10.4. The summed E-state index contributed by atoms with van der Waals surface area (Å²) in [6, 6.07) is 0. The maximum absolute atomic E-state index is 5.84. The van der Waals surface area contributed by atoms with Crippen molar-refractivity contribution in [3.63, 3.8) is 0 Å². The number of nitrogens with two attached hydrogens (primary N) is 1. The maximum atomic E-state index is 5.84. The second kappa shape index (κ2) is 8.17. The van der Waals surface area contributed by atoms with Crippen LogP contribution >= 0.6 is 0 Å². The summed E-state index contributed by atoms with van der Waals surface area (Å²) in [5.41, 5.74) is 14.9. The van der Waals surface area contributed by atoms with E-state index in [1.165, 1.54) is 44.9 Å². The maximum Gasteiger partial charge on any atom is 0.0692 e. The number of hydrazine groups is 2. The zero-order valence-corrected chi connectivity index (χ0v) is 9.02. The van der Waals surface area contributed by atoms with E-state index in [-0.39, 0.29) is 6.17 Å². The van der Waals surface area contributed by atoms with Gasteiger partial charge in [-0.05, 0) is 12.8 Å². The minimum absolute atomic E-state index is 0.0725. The number of hydrogen-bond acceptors (Lipinski definition) is 4. The van der Waals surface area contributed by atoms with Gasteiger partial charge in [0.1, 0.15) is 0 Å². The summed E-state index contributed by atoms with van der Waals surface area (Å²) in [5, 5.41) is 0. The molecule has 0 amide bonds. The van der Waals surface area contributed by atoms with Crippen molar-refractivity contribution in [3.05, 3.63) is 0 Å². The number of hydrogen-bond donors (Lipinski definition) is 4. The van der Waals surface area contributed by atoms with E-state index >= 15 is 0 Å². The van der Waals surface area contributed by atoms with Crippen LogP contribution in [0, 0.1) is 0 Å². The van der Waals surface area contributed by atoms with Gasteiger partial charge in [0, 0.05) is 6.54 Å².